The van der Waals surface area contributed by atoms with E-state index in [0.29, 0.717) is 0 Å². The van der Waals surface area contributed by atoms with Gasteiger partial charge in [0, 0.05) is 7.11 Å². The summed E-state index contributed by atoms with van der Waals surface area (Å²) in [5.74, 6) is -0.805. The van der Waals surface area contributed by atoms with E-state index in [0.717, 1.165) is 15.0 Å². The Hall–Kier alpha value is -3.14. The van der Waals surface area contributed by atoms with Crippen molar-refractivity contribution < 1.29 is 9.53 Å². The van der Waals surface area contributed by atoms with Gasteiger partial charge >= 0.3 is 5.69 Å². The molecule has 0 radical (unpaired) electrons. The van der Waals surface area contributed by atoms with Gasteiger partial charge in [0.2, 0.25) is 0 Å². The van der Waals surface area contributed by atoms with E-state index < -0.39 is 17.2 Å². The smallest absolute Gasteiger partial charge is 0.330 e. The van der Waals surface area contributed by atoms with Crippen molar-refractivity contribution in [3.63, 3.8) is 0 Å². The van der Waals surface area contributed by atoms with Gasteiger partial charge in [-0.2, -0.15) is 0 Å². The molecule has 1 aromatic carbocycles. The molecule has 9 nitrogen and oxygen atoms in total. The molecule has 3 rings (SSSR count). The molecule has 0 saturated carbocycles. The Labute approximate surface area is 187 Å². The Bertz CT molecular complexity index is 1210. The number of nitrogens with zero attached hydrogens (tertiary/aromatic N) is 3. The quantitative estimate of drug-likeness (QED) is 0.518. The average molecular weight is 464 g/mol. The van der Waals surface area contributed by atoms with E-state index >= 15 is 0 Å². The third-order valence-electron chi connectivity index (χ3n) is 4.48. The first-order valence-electron chi connectivity index (χ1n) is 9.12. The predicted octanol–water partition coefficient (Wildman–Crippen LogP) is 2.31. The summed E-state index contributed by atoms with van der Waals surface area (Å²) in [4.78, 5) is 45.7. The summed E-state index contributed by atoms with van der Waals surface area (Å²) in [5.41, 5.74) is 5.23. The Balaban J connectivity index is 2.18. The number of rotatable bonds is 7. The number of methoxy groups -OCH3 is 1. The van der Waals surface area contributed by atoms with Crippen molar-refractivity contribution in [1.82, 2.24) is 14.5 Å². The first-order chi connectivity index (χ1) is 14.8. The molecule has 0 aliphatic heterocycles. The summed E-state index contributed by atoms with van der Waals surface area (Å²) in [7, 11) is 1.47. The topological polar surface area (TPSA) is 123 Å². The van der Waals surface area contributed by atoms with Crippen LogP contribution in [0, 0.1) is 0 Å². The summed E-state index contributed by atoms with van der Waals surface area (Å²) >= 11 is 12.0. The van der Waals surface area contributed by atoms with Crippen LogP contribution in [0.3, 0.4) is 0 Å². The lowest BCUT2D eigenvalue weighted by Crippen LogP contribution is -2.41. The van der Waals surface area contributed by atoms with E-state index in [1.54, 1.807) is 24.3 Å². The van der Waals surface area contributed by atoms with Gasteiger partial charge < -0.3 is 10.5 Å². The van der Waals surface area contributed by atoms with Crippen molar-refractivity contribution in [3.05, 3.63) is 84.7 Å². The number of hydrogen-bond donors (Lipinski definition) is 2. The second kappa shape index (κ2) is 9.78. The van der Waals surface area contributed by atoms with Gasteiger partial charge in [-0.3, -0.25) is 24.0 Å². The molecule has 0 saturated heterocycles. The molecule has 0 unspecified atom stereocenters. The molecule has 31 heavy (non-hydrogen) atoms. The summed E-state index contributed by atoms with van der Waals surface area (Å²) < 4.78 is 6.13. The maximum atomic E-state index is 13.4. The zero-order chi connectivity index (χ0) is 22.5. The van der Waals surface area contributed by atoms with E-state index in [4.69, 9.17) is 33.7 Å². The van der Waals surface area contributed by atoms with Gasteiger partial charge in [0.05, 0.1) is 25.3 Å². The summed E-state index contributed by atoms with van der Waals surface area (Å²) in [5, 5.41) is -0.0140. The molecule has 2 aromatic heterocycles. The highest BCUT2D eigenvalue weighted by Crippen LogP contribution is 2.25. The number of nitrogen functional groups attached to an aromatic ring is 1. The molecule has 0 aliphatic rings. The third-order valence-corrected chi connectivity index (χ3v) is 4.98. The number of anilines is 2. The number of hydrogen-bond acceptors (Lipinski definition) is 6. The number of halogens is 2. The lowest BCUT2D eigenvalue weighted by atomic mass is 10.1. The van der Waals surface area contributed by atoms with Crippen LogP contribution in [0.2, 0.25) is 10.3 Å². The minimum absolute atomic E-state index is 0.00557. The predicted molar refractivity (Wildman–Crippen MR) is 119 cm³/mol. The number of carbonyl (C=O) groups excluding carboxylic acids is 1. The van der Waals surface area contributed by atoms with Gasteiger partial charge in [-0.05, 0) is 17.7 Å². The Morgan fingerprint density at radius 1 is 1.19 bits per heavy atom. The second-order valence-corrected chi connectivity index (χ2v) is 7.23. The van der Waals surface area contributed by atoms with Crippen LogP contribution in [-0.4, -0.2) is 34.2 Å². The average Bonchev–Trinajstić information content (AvgIpc) is 2.73. The second-order valence-electron chi connectivity index (χ2n) is 6.49. The highest BCUT2D eigenvalue weighted by molar-refractivity contribution is 6.35. The Kier molecular flexibility index (Phi) is 7.11. The van der Waals surface area contributed by atoms with Gasteiger partial charge in [-0.1, -0.05) is 53.5 Å². The van der Waals surface area contributed by atoms with Gasteiger partial charge in [0.1, 0.15) is 16.1 Å². The maximum absolute atomic E-state index is 13.4. The van der Waals surface area contributed by atoms with Crippen LogP contribution in [-0.2, 0) is 17.8 Å². The molecule has 0 fully saturated rings. The van der Waals surface area contributed by atoms with Crippen molar-refractivity contribution in [1.29, 1.82) is 0 Å². The van der Waals surface area contributed by atoms with Gasteiger partial charge in [0.25, 0.3) is 11.5 Å². The number of pyridine rings is 1. The van der Waals surface area contributed by atoms with Crippen molar-refractivity contribution in [2.75, 3.05) is 24.4 Å². The fourth-order valence-electron chi connectivity index (χ4n) is 2.98. The van der Waals surface area contributed by atoms with Crippen LogP contribution >= 0.6 is 23.2 Å². The third kappa shape index (κ3) is 4.96. The molecule has 162 valence electrons. The van der Waals surface area contributed by atoms with Crippen LogP contribution in [0.4, 0.5) is 11.5 Å². The molecule has 1 amide bonds. The molecule has 0 atom stereocenters. The lowest BCUT2D eigenvalue weighted by molar-refractivity contribution is 0.0984. The number of ether oxygens (including phenoxy) is 1. The largest absolute Gasteiger partial charge is 0.383 e. The van der Waals surface area contributed by atoms with E-state index in [9.17, 15) is 14.4 Å². The first-order valence-corrected chi connectivity index (χ1v) is 9.88. The summed E-state index contributed by atoms with van der Waals surface area (Å²) in [6.07, 6.45) is 0. The Morgan fingerprint density at radius 2 is 1.90 bits per heavy atom. The molecular formula is C20H19Cl2N5O4. The molecule has 0 aliphatic carbocycles. The van der Waals surface area contributed by atoms with E-state index in [2.05, 4.69) is 9.97 Å². The number of nitrogens with two attached hydrogens (primary N) is 1. The SMILES string of the molecule is COCCn1c(N)c(N(Cc2ccccc2)C(=O)c2ccc(Cl)nc2Cl)c(=O)[nH]c1=O. The van der Waals surface area contributed by atoms with Gasteiger partial charge in [-0.15, -0.1) is 0 Å². The fourth-order valence-corrected chi connectivity index (χ4v) is 3.40. The first kappa shape index (κ1) is 22.5. The fraction of sp³-hybridized carbons (Fsp3) is 0.200. The van der Waals surface area contributed by atoms with Crippen molar-refractivity contribution >= 4 is 40.6 Å². The van der Waals surface area contributed by atoms with Gasteiger partial charge in [0.15, 0.2) is 5.69 Å². The highest BCUT2D eigenvalue weighted by atomic mass is 35.5. The Morgan fingerprint density at radius 3 is 2.55 bits per heavy atom. The highest BCUT2D eigenvalue weighted by Gasteiger charge is 2.27. The molecule has 3 aromatic rings. The van der Waals surface area contributed by atoms with E-state index in [1.807, 2.05) is 6.07 Å². The van der Waals surface area contributed by atoms with Crippen molar-refractivity contribution in [2.45, 2.75) is 13.1 Å². The number of amides is 1. The van der Waals surface area contributed by atoms with Crippen molar-refractivity contribution in [3.8, 4) is 0 Å². The van der Waals surface area contributed by atoms with Crippen molar-refractivity contribution in [2.24, 2.45) is 0 Å². The summed E-state index contributed by atoms with van der Waals surface area (Å²) in [6, 6.07) is 11.8. The minimum Gasteiger partial charge on any atom is -0.383 e. The molecule has 11 heteroatoms. The zero-order valence-corrected chi connectivity index (χ0v) is 18.0. The molecular weight excluding hydrogens is 445 g/mol. The molecule has 2 heterocycles. The monoisotopic (exact) mass is 463 g/mol. The molecule has 3 N–H and O–H groups in total. The normalized spacial score (nSPS) is 10.8. The van der Waals surface area contributed by atoms with Gasteiger partial charge in [-0.25, -0.2) is 9.78 Å². The van der Waals surface area contributed by atoms with E-state index in [-0.39, 0.29) is 47.1 Å². The van der Waals surface area contributed by atoms with Crippen LogP contribution in [0.1, 0.15) is 15.9 Å². The number of nitrogens with one attached hydrogen (secondary N) is 1. The number of H-pyrrole nitrogens is 1. The molecule has 0 spiro atoms. The van der Waals surface area contributed by atoms with Crippen LogP contribution in [0.15, 0.2) is 52.1 Å². The number of carbonyl (C=O) groups is 1. The standard InChI is InChI=1S/C20H19Cl2N5O4/c1-31-10-9-26-17(23)15(18(28)25-20(26)30)27(11-12-5-3-2-4-6-12)19(29)13-7-8-14(21)24-16(13)22/h2-8H,9-11,23H2,1H3,(H,25,28,30). The molecule has 0 bridgehead atoms. The number of benzene rings is 1. The maximum Gasteiger partial charge on any atom is 0.330 e. The number of aromatic nitrogens is 3. The minimum atomic E-state index is -0.807. The van der Waals surface area contributed by atoms with Crippen LogP contribution in [0.5, 0.6) is 0 Å². The number of aromatic amines is 1. The van der Waals surface area contributed by atoms with Crippen LogP contribution in [0.25, 0.3) is 0 Å². The summed E-state index contributed by atoms with van der Waals surface area (Å²) in [6.45, 7) is 0.255. The zero-order valence-electron chi connectivity index (χ0n) is 16.5. The lowest BCUT2D eigenvalue weighted by Gasteiger charge is -2.25. The van der Waals surface area contributed by atoms with E-state index in [1.165, 1.54) is 19.2 Å². The van der Waals surface area contributed by atoms with Crippen LogP contribution < -0.4 is 21.9 Å².